The Labute approximate surface area is 233 Å². The van der Waals surface area contributed by atoms with Crippen LogP contribution in [0.2, 0.25) is 10.0 Å². The van der Waals surface area contributed by atoms with Crippen LogP contribution in [-0.4, -0.2) is 29.5 Å². The normalized spacial score (nSPS) is 12.2. The molecule has 0 bridgehead atoms. The number of aromatic nitrogens is 2. The molecule has 4 aromatic rings. The number of rotatable bonds is 10. The molecule has 38 heavy (non-hydrogen) atoms. The van der Waals surface area contributed by atoms with Gasteiger partial charge in [0.1, 0.15) is 11.5 Å². The van der Waals surface area contributed by atoms with Gasteiger partial charge in [-0.15, -0.1) is 0 Å². The summed E-state index contributed by atoms with van der Waals surface area (Å²) in [5.41, 5.74) is 2.58. The lowest BCUT2D eigenvalue weighted by molar-refractivity contribution is -0.117. The molecule has 9 heteroatoms. The fraction of sp³-hybridized carbons (Fsp3) is 0.310. The van der Waals surface area contributed by atoms with Crippen molar-refractivity contribution < 1.29 is 17.9 Å². The van der Waals surface area contributed by atoms with Crippen molar-refractivity contribution in [2.75, 3.05) is 5.75 Å². The van der Waals surface area contributed by atoms with Gasteiger partial charge in [-0.2, -0.15) is 0 Å². The van der Waals surface area contributed by atoms with E-state index in [-0.39, 0.29) is 29.3 Å². The molecule has 200 valence electrons. The molecule has 0 N–H and O–H groups in total. The summed E-state index contributed by atoms with van der Waals surface area (Å²) < 4.78 is 32.4. The largest absolute Gasteiger partial charge is 0.478 e. The van der Waals surface area contributed by atoms with E-state index in [1.54, 1.807) is 49.4 Å². The zero-order chi connectivity index (χ0) is 27.7. The number of hydrogen-bond donors (Lipinski definition) is 0. The van der Waals surface area contributed by atoms with Gasteiger partial charge >= 0.3 is 0 Å². The molecule has 1 aromatic heterocycles. The molecule has 0 saturated carbocycles. The maximum absolute atomic E-state index is 12.8. The van der Waals surface area contributed by atoms with Crippen molar-refractivity contribution in [3.05, 3.63) is 87.7 Å². The molecular weight excluding hydrogens is 543 g/mol. The van der Waals surface area contributed by atoms with Crippen LogP contribution < -0.4 is 4.74 Å². The molecule has 0 aliphatic carbocycles. The highest BCUT2D eigenvalue weighted by atomic mass is 35.5. The van der Waals surface area contributed by atoms with Gasteiger partial charge in [-0.3, -0.25) is 4.79 Å². The molecule has 0 atom stereocenters. The number of benzene rings is 3. The second-order valence-electron chi connectivity index (χ2n) is 9.63. The predicted octanol–water partition coefficient (Wildman–Crippen LogP) is 6.83. The van der Waals surface area contributed by atoms with Crippen LogP contribution in [0.25, 0.3) is 11.0 Å². The van der Waals surface area contributed by atoms with Crippen LogP contribution in [-0.2, 0) is 39.6 Å². The Bertz CT molecular complexity index is 1590. The van der Waals surface area contributed by atoms with Gasteiger partial charge in [-0.05, 0) is 74.4 Å². The molecule has 0 radical (unpaired) electrons. The van der Waals surface area contributed by atoms with Gasteiger partial charge in [0.15, 0.2) is 21.3 Å². The van der Waals surface area contributed by atoms with E-state index in [2.05, 4.69) is 4.57 Å². The lowest BCUT2D eigenvalue weighted by Crippen LogP contribution is -2.29. The smallest absolute Gasteiger partial charge is 0.178 e. The van der Waals surface area contributed by atoms with E-state index < -0.39 is 15.4 Å². The van der Waals surface area contributed by atoms with Gasteiger partial charge in [0, 0.05) is 24.4 Å². The summed E-state index contributed by atoms with van der Waals surface area (Å²) in [5.74, 6) is 1.34. The van der Waals surface area contributed by atoms with Crippen LogP contribution in [0, 0.1) is 0 Å². The zero-order valence-corrected chi connectivity index (χ0v) is 24.1. The van der Waals surface area contributed by atoms with Crippen molar-refractivity contribution in [2.24, 2.45) is 0 Å². The fourth-order valence-electron chi connectivity index (χ4n) is 4.44. The third-order valence-corrected chi connectivity index (χ3v) is 8.67. The molecule has 4 rings (SSSR count). The number of imidazole rings is 1. The number of nitrogens with zero attached hydrogens (tertiary/aromatic N) is 2. The summed E-state index contributed by atoms with van der Waals surface area (Å²) in [7, 11) is -3.26. The van der Waals surface area contributed by atoms with Crippen molar-refractivity contribution in [3.63, 3.8) is 0 Å². The lowest BCUT2D eigenvalue weighted by atomic mass is 10.0. The number of ether oxygens (including phenoxy) is 1. The Kier molecular flexibility index (Phi) is 8.21. The van der Waals surface area contributed by atoms with Crippen molar-refractivity contribution in [2.45, 2.75) is 57.6 Å². The average molecular weight is 574 g/mol. The second kappa shape index (κ2) is 11.1. The number of carbonyl (C=O) groups is 1. The lowest BCUT2D eigenvalue weighted by Gasteiger charge is -2.27. The third kappa shape index (κ3) is 6.06. The van der Waals surface area contributed by atoms with Gasteiger partial charge in [0.2, 0.25) is 0 Å². The van der Waals surface area contributed by atoms with Crippen LogP contribution >= 0.6 is 23.2 Å². The number of Topliss-reactive ketones (excluding diaryl/α,β-unsaturated/α-hetero) is 1. The summed E-state index contributed by atoms with van der Waals surface area (Å²) in [6.07, 6.45) is 0.474. The van der Waals surface area contributed by atoms with E-state index >= 15 is 0 Å². The molecule has 3 aromatic carbocycles. The molecule has 0 aliphatic rings. The quantitative estimate of drug-likeness (QED) is 0.208. The Hall–Kier alpha value is -2.87. The average Bonchev–Trinajstić information content (AvgIpc) is 3.25. The molecule has 1 heterocycles. The zero-order valence-electron chi connectivity index (χ0n) is 21.8. The van der Waals surface area contributed by atoms with Crippen LogP contribution in [0.15, 0.2) is 65.6 Å². The minimum absolute atomic E-state index is 0.0339. The van der Waals surface area contributed by atoms with Gasteiger partial charge in [0.05, 0.1) is 26.7 Å². The summed E-state index contributed by atoms with van der Waals surface area (Å²) >= 11 is 12.4. The number of ketones is 1. The van der Waals surface area contributed by atoms with Gasteiger partial charge in [-0.1, -0.05) is 48.3 Å². The standard InChI is InChI=1S/C29H30Cl2N2O4S/c1-5-33-26-13-9-20(16-22(34)15-19-7-11-23(12-8-19)38(35,36)6-2)17-25(26)32-28(33)29(3,4)37-27-14-10-21(30)18-24(27)31/h7-14,17-18H,5-6,15-16H2,1-4H3. The predicted molar refractivity (Wildman–Crippen MR) is 152 cm³/mol. The summed E-state index contributed by atoms with van der Waals surface area (Å²) in [6.45, 7) is 8.22. The Morgan fingerprint density at radius 1 is 0.947 bits per heavy atom. The Morgan fingerprint density at radius 3 is 2.24 bits per heavy atom. The number of sulfone groups is 1. The molecule has 0 saturated heterocycles. The molecule has 0 amide bonds. The minimum atomic E-state index is -3.26. The Balaban J connectivity index is 1.54. The number of aryl methyl sites for hydroxylation is 1. The van der Waals surface area contributed by atoms with E-state index in [0.29, 0.717) is 22.3 Å². The highest BCUT2D eigenvalue weighted by Crippen LogP contribution is 2.35. The van der Waals surface area contributed by atoms with Crippen molar-refractivity contribution in [3.8, 4) is 5.75 Å². The number of hydrogen-bond acceptors (Lipinski definition) is 5. The highest BCUT2D eigenvalue weighted by Gasteiger charge is 2.30. The van der Waals surface area contributed by atoms with E-state index in [1.165, 1.54) is 0 Å². The summed E-state index contributed by atoms with van der Waals surface area (Å²) in [4.78, 5) is 18.0. The first-order chi connectivity index (χ1) is 17.9. The van der Waals surface area contributed by atoms with Gasteiger partial charge in [-0.25, -0.2) is 13.4 Å². The van der Waals surface area contributed by atoms with Gasteiger partial charge in [0.25, 0.3) is 0 Å². The van der Waals surface area contributed by atoms with Gasteiger partial charge < -0.3 is 9.30 Å². The summed E-state index contributed by atoms with van der Waals surface area (Å²) in [5, 5.41) is 0.955. The Morgan fingerprint density at radius 2 is 1.61 bits per heavy atom. The first kappa shape index (κ1) is 28.1. The van der Waals surface area contributed by atoms with Crippen LogP contribution in [0.1, 0.15) is 44.6 Å². The molecule has 0 unspecified atom stereocenters. The van der Waals surface area contributed by atoms with Crippen molar-refractivity contribution >= 4 is 49.9 Å². The second-order valence-corrected chi connectivity index (χ2v) is 12.8. The fourth-order valence-corrected chi connectivity index (χ4v) is 5.77. The first-order valence-corrected chi connectivity index (χ1v) is 14.8. The van der Waals surface area contributed by atoms with E-state index in [9.17, 15) is 13.2 Å². The maximum Gasteiger partial charge on any atom is 0.178 e. The third-order valence-electron chi connectivity index (χ3n) is 6.39. The van der Waals surface area contributed by atoms with Crippen molar-refractivity contribution in [1.29, 1.82) is 0 Å². The molecule has 6 nitrogen and oxygen atoms in total. The van der Waals surface area contributed by atoms with Crippen LogP contribution in [0.5, 0.6) is 5.75 Å². The number of halogens is 2. The van der Waals surface area contributed by atoms with Crippen molar-refractivity contribution in [1.82, 2.24) is 9.55 Å². The van der Waals surface area contributed by atoms with Crippen LogP contribution in [0.4, 0.5) is 0 Å². The molecular formula is C29H30Cl2N2O4S. The summed E-state index contributed by atoms with van der Waals surface area (Å²) in [6, 6.07) is 17.5. The minimum Gasteiger partial charge on any atom is -0.478 e. The van der Waals surface area contributed by atoms with E-state index in [1.807, 2.05) is 39.0 Å². The van der Waals surface area contributed by atoms with E-state index in [0.717, 1.165) is 28.0 Å². The monoisotopic (exact) mass is 572 g/mol. The number of carbonyl (C=O) groups excluding carboxylic acids is 1. The first-order valence-electron chi connectivity index (χ1n) is 12.4. The SMILES string of the molecule is CCn1c(C(C)(C)Oc2ccc(Cl)cc2Cl)nc2cc(CC(=O)Cc3ccc(S(=O)(=O)CC)cc3)ccc21. The van der Waals surface area contributed by atoms with E-state index in [4.69, 9.17) is 32.9 Å². The molecule has 0 spiro atoms. The number of fused-ring (bicyclic) bond motifs is 1. The maximum atomic E-state index is 12.8. The molecule has 0 fully saturated rings. The topological polar surface area (TPSA) is 78.3 Å². The highest BCUT2D eigenvalue weighted by molar-refractivity contribution is 7.91. The van der Waals surface area contributed by atoms with Crippen LogP contribution in [0.3, 0.4) is 0 Å². The molecule has 0 aliphatic heterocycles.